The van der Waals surface area contributed by atoms with Crippen molar-refractivity contribution in [2.75, 3.05) is 33.2 Å². The van der Waals surface area contributed by atoms with Crippen LogP contribution < -0.4 is 4.90 Å². The van der Waals surface area contributed by atoms with Gasteiger partial charge in [0, 0.05) is 5.02 Å². The van der Waals surface area contributed by atoms with E-state index in [-0.39, 0.29) is 0 Å². The zero-order valence-electron chi connectivity index (χ0n) is 13.0. The SMILES string of the molecule is C[NH+]1CCN(S(=O)(=O)c2ccc(-c3ccc(Cl)cc3)cc2)CC1. The summed E-state index contributed by atoms with van der Waals surface area (Å²) in [5.74, 6) is 0. The number of hydrogen-bond acceptors (Lipinski definition) is 2. The molecule has 1 fully saturated rings. The molecule has 0 spiro atoms. The number of rotatable bonds is 3. The Kier molecular flexibility index (Phi) is 4.73. The van der Waals surface area contributed by atoms with Crippen LogP contribution in [0.5, 0.6) is 0 Å². The van der Waals surface area contributed by atoms with Crippen LogP contribution in [0.25, 0.3) is 11.1 Å². The summed E-state index contributed by atoms with van der Waals surface area (Å²) in [6.45, 7) is 2.85. The minimum absolute atomic E-state index is 0.356. The Hall–Kier alpha value is -1.40. The van der Waals surface area contributed by atoms with Crippen molar-refractivity contribution in [3.63, 3.8) is 0 Å². The Balaban J connectivity index is 1.82. The predicted octanol–water partition coefficient (Wildman–Crippen LogP) is 1.53. The highest BCUT2D eigenvalue weighted by Gasteiger charge is 2.28. The van der Waals surface area contributed by atoms with Gasteiger partial charge in [-0.3, -0.25) is 0 Å². The van der Waals surface area contributed by atoms with E-state index < -0.39 is 10.0 Å². The van der Waals surface area contributed by atoms with Gasteiger partial charge in [-0.15, -0.1) is 0 Å². The lowest BCUT2D eigenvalue weighted by Gasteiger charge is -2.29. The Morgan fingerprint density at radius 3 is 1.91 bits per heavy atom. The first-order valence-corrected chi connectivity index (χ1v) is 9.46. The van der Waals surface area contributed by atoms with Crippen molar-refractivity contribution in [3.05, 3.63) is 53.6 Å². The number of benzene rings is 2. The van der Waals surface area contributed by atoms with E-state index in [9.17, 15) is 8.42 Å². The summed E-state index contributed by atoms with van der Waals surface area (Å²) in [5, 5.41) is 0.685. The Morgan fingerprint density at radius 2 is 1.39 bits per heavy atom. The van der Waals surface area contributed by atoms with Gasteiger partial charge in [-0.05, 0) is 35.4 Å². The van der Waals surface area contributed by atoms with Crippen LogP contribution in [0.4, 0.5) is 0 Å². The summed E-state index contributed by atoms with van der Waals surface area (Å²) in [6.07, 6.45) is 0. The van der Waals surface area contributed by atoms with Crippen molar-refractivity contribution in [3.8, 4) is 11.1 Å². The third-order valence-corrected chi connectivity index (χ3v) is 6.41. The summed E-state index contributed by atoms with van der Waals surface area (Å²) >= 11 is 5.89. The van der Waals surface area contributed by atoms with Crippen LogP contribution in [0, 0.1) is 0 Å². The van der Waals surface area contributed by atoms with Gasteiger partial charge in [-0.1, -0.05) is 35.9 Å². The fraction of sp³-hybridized carbons (Fsp3) is 0.294. The Labute approximate surface area is 142 Å². The molecule has 6 heteroatoms. The van der Waals surface area contributed by atoms with Gasteiger partial charge in [0.1, 0.15) is 0 Å². The predicted molar refractivity (Wildman–Crippen MR) is 92.3 cm³/mol. The highest BCUT2D eigenvalue weighted by Crippen LogP contribution is 2.24. The number of likely N-dealkylation sites (N-methyl/N-ethyl adjacent to an activating group) is 1. The van der Waals surface area contributed by atoms with Gasteiger partial charge in [0.05, 0.1) is 38.1 Å². The average Bonchev–Trinajstić information content (AvgIpc) is 2.56. The molecule has 2 aromatic carbocycles. The van der Waals surface area contributed by atoms with Crippen molar-refractivity contribution in [2.24, 2.45) is 0 Å². The first kappa shape index (κ1) is 16.5. The van der Waals surface area contributed by atoms with Crippen molar-refractivity contribution in [1.82, 2.24) is 4.31 Å². The van der Waals surface area contributed by atoms with Crippen LogP contribution in [0.2, 0.25) is 5.02 Å². The maximum absolute atomic E-state index is 12.7. The first-order valence-electron chi connectivity index (χ1n) is 7.64. The fourth-order valence-electron chi connectivity index (χ4n) is 2.72. The van der Waals surface area contributed by atoms with E-state index in [0.717, 1.165) is 24.2 Å². The summed E-state index contributed by atoms with van der Waals surface area (Å²) in [4.78, 5) is 1.73. The fourth-order valence-corrected chi connectivity index (χ4v) is 4.29. The molecule has 0 aliphatic carbocycles. The normalized spacial score (nSPS) is 17.3. The molecular weight excluding hydrogens is 332 g/mol. The van der Waals surface area contributed by atoms with E-state index in [0.29, 0.717) is 23.0 Å². The van der Waals surface area contributed by atoms with Crippen LogP contribution in [-0.2, 0) is 10.0 Å². The molecule has 23 heavy (non-hydrogen) atoms. The second kappa shape index (κ2) is 6.61. The van der Waals surface area contributed by atoms with E-state index in [1.165, 1.54) is 4.90 Å². The van der Waals surface area contributed by atoms with Crippen LogP contribution in [0.1, 0.15) is 0 Å². The monoisotopic (exact) mass is 351 g/mol. The topological polar surface area (TPSA) is 41.8 Å². The number of piperazine rings is 1. The lowest BCUT2D eigenvalue weighted by atomic mass is 10.1. The van der Waals surface area contributed by atoms with Crippen molar-refractivity contribution in [2.45, 2.75) is 4.90 Å². The van der Waals surface area contributed by atoms with E-state index >= 15 is 0 Å². The van der Waals surface area contributed by atoms with Gasteiger partial charge in [-0.2, -0.15) is 4.31 Å². The van der Waals surface area contributed by atoms with Gasteiger partial charge in [0.2, 0.25) is 10.0 Å². The maximum Gasteiger partial charge on any atom is 0.243 e. The molecule has 2 aromatic rings. The van der Waals surface area contributed by atoms with Gasteiger partial charge >= 0.3 is 0 Å². The standard InChI is InChI=1S/C17H19ClN2O2S/c1-19-10-12-20(13-11-19)23(21,22)17-8-4-15(5-9-17)14-2-6-16(18)7-3-14/h2-9H,10-13H2,1H3/p+1. The van der Waals surface area contributed by atoms with E-state index in [1.807, 2.05) is 36.4 Å². The largest absolute Gasteiger partial charge is 0.335 e. The number of halogens is 1. The molecule has 1 saturated heterocycles. The Morgan fingerprint density at radius 1 is 0.913 bits per heavy atom. The molecule has 4 nitrogen and oxygen atoms in total. The molecule has 0 bridgehead atoms. The third-order valence-electron chi connectivity index (χ3n) is 4.25. The minimum Gasteiger partial charge on any atom is -0.335 e. The molecular formula is C17H20ClN2O2S+. The number of nitrogens with one attached hydrogen (secondary N) is 1. The number of hydrogen-bond donors (Lipinski definition) is 1. The molecule has 1 aliphatic rings. The number of quaternary nitrogens is 1. The van der Waals surface area contributed by atoms with Gasteiger partial charge in [-0.25, -0.2) is 8.42 Å². The highest BCUT2D eigenvalue weighted by molar-refractivity contribution is 7.89. The lowest BCUT2D eigenvalue weighted by Crippen LogP contribution is -3.12. The molecule has 0 radical (unpaired) electrons. The smallest absolute Gasteiger partial charge is 0.243 e. The molecule has 1 heterocycles. The van der Waals surface area contributed by atoms with Gasteiger partial charge in [0.15, 0.2) is 0 Å². The molecule has 0 aromatic heterocycles. The molecule has 3 rings (SSSR count). The molecule has 1 aliphatic heterocycles. The maximum atomic E-state index is 12.7. The Bertz CT molecular complexity index is 765. The van der Waals surface area contributed by atoms with Crippen molar-refractivity contribution in [1.29, 1.82) is 0 Å². The highest BCUT2D eigenvalue weighted by atomic mass is 35.5. The molecule has 0 unspecified atom stereocenters. The van der Waals surface area contributed by atoms with Gasteiger partial charge < -0.3 is 4.90 Å². The van der Waals surface area contributed by atoms with E-state index in [1.54, 1.807) is 16.4 Å². The molecule has 0 saturated carbocycles. The molecule has 0 atom stereocenters. The summed E-state index contributed by atoms with van der Waals surface area (Å²) in [6, 6.07) is 14.6. The minimum atomic E-state index is -3.39. The van der Waals surface area contributed by atoms with E-state index in [2.05, 4.69) is 7.05 Å². The zero-order valence-corrected chi connectivity index (χ0v) is 14.6. The first-order chi connectivity index (χ1) is 11.0. The summed E-state index contributed by atoms with van der Waals surface area (Å²) in [5.41, 5.74) is 1.99. The van der Waals surface area contributed by atoms with Crippen LogP contribution >= 0.6 is 11.6 Å². The zero-order chi connectivity index (χ0) is 16.4. The summed E-state index contributed by atoms with van der Waals surface area (Å²) in [7, 11) is -1.30. The van der Waals surface area contributed by atoms with Crippen molar-refractivity contribution < 1.29 is 13.3 Å². The second-order valence-electron chi connectivity index (χ2n) is 5.89. The number of nitrogens with zero attached hydrogens (tertiary/aromatic N) is 1. The number of sulfonamides is 1. The van der Waals surface area contributed by atoms with E-state index in [4.69, 9.17) is 11.6 Å². The summed E-state index contributed by atoms with van der Waals surface area (Å²) < 4.78 is 27.0. The van der Waals surface area contributed by atoms with Gasteiger partial charge in [0.25, 0.3) is 0 Å². The average molecular weight is 352 g/mol. The quantitative estimate of drug-likeness (QED) is 0.911. The molecule has 122 valence electrons. The van der Waals surface area contributed by atoms with Crippen molar-refractivity contribution >= 4 is 21.6 Å². The van der Waals surface area contributed by atoms with Crippen LogP contribution in [-0.4, -0.2) is 45.9 Å². The van der Waals surface area contributed by atoms with Crippen LogP contribution in [0.3, 0.4) is 0 Å². The second-order valence-corrected chi connectivity index (χ2v) is 8.27. The molecule has 0 amide bonds. The third kappa shape index (κ3) is 3.58. The molecule has 1 N–H and O–H groups in total. The van der Waals surface area contributed by atoms with Crippen LogP contribution in [0.15, 0.2) is 53.4 Å². The lowest BCUT2D eigenvalue weighted by molar-refractivity contribution is -0.883.